The number of hydrogen-bond donors (Lipinski definition) is 1. The predicted molar refractivity (Wildman–Crippen MR) is 85.5 cm³/mol. The van der Waals surface area contributed by atoms with Crippen molar-refractivity contribution in [3.05, 3.63) is 63.6 Å². The first kappa shape index (κ1) is 17.3. The van der Waals surface area contributed by atoms with Crippen LogP contribution in [0.4, 0.5) is 0 Å². The van der Waals surface area contributed by atoms with Gasteiger partial charge in [0.25, 0.3) is 0 Å². The minimum Gasteiger partial charge on any atom is -0.489 e. The molecular weight excluding hydrogens is 311 g/mol. The lowest BCUT2D eigenvalue weighted by atomic mass is 10.1. The van der Waals surface area contributed by atoms with Crippen LogP contribution in [0, 0.1) is 0 Å². The predicted octanol–water partition coefficient (Wildman–Crippen LogP) is 5.30. The molecule has 0 saturated carbocycles. The molecule has 0 atom stereocenters. The van der Waals surface area contributed by atoms with E-state index >= 15 is 0 Å². The summed E-state index contributed by atoms with van der Waals surface area (Å²) in [5, 5.41) is 10.1. The topological polar surface area (TPSA) is 46.5 Å². The van der Waals surface area contributed by atoms with Crippen LogP contribution in [0.15, 0.2) is 42.5 Å². The number of carboxylic acid groups (broad SMARTS) is 1. The standard InChI is InChI=1S/C14H10Cl2O3.C2H6/c15-10-3-5-12(6-4-10)19-8-9-1-2-11(16)7-13(9)14(17)18;1-2/h1-7H,8H2,(H,17,18);1-2H3. The number of ether oxygens (including phenoxy) is 1. The van der Waals surface area contributed by atoms with Crippen molar-refractivity contribution in [2.24, 2.45) is 0 Å². The summed E-state index contributed by atoms with van der Waals surface area (Å²) in [5.41, 5.74) is 0.702. The number of carboxylic acids is 1. The highest BCUT2D eigenvalue weighted by Crippen LogP contribution is 2.20. The van der Waals surface area contributed by atoms with E-state index in [-0.39, 0.29) is 12.2 Å². The molecule has 0 saturated heterocycles. The minimum absolute atomic E-state index is 0.140. The molecule has 0 amide bonds. The van der Waals surface area contributed by atoms with Gasteiger partial charge in [-0.15, -0.1) is 0 Å². The molecule has 0 spiro atoms. The third-order valence-electron chi connectivity index (χ3n) is 2.51. The molecule has 2 aromatic carbocycles. The number of benzene rings is 2. The maximum atomic E-state index is 11.1. The van der Waals surface area contributed by atoms with Gasteiger partial charge in [-0.25, -0.2) is 4.79 Å². The van der Waals surface area contributed by atoms with E-state index in [1.165, 1.54) is 6.07 Å². The molecule has 0 aliphatic carbocycles. The third kappa shape index (κ3) is 5.29. The van der Waals surface area contributed by atoms with Crippen molar-refractivity contribution in [3.63, 3.8) is 0 Å². The summed E-state index contributed by atoms with van der Waals surface area (Å²) >= 11 is 11.5. The molecule has 0 aliphatic rings. The van der Waals surface area contributed by atoms with Gasteiger partial charge < -0.3 is 9.84 Å². The second-order valence-electron chi connectivity index (χ2n) is 3.85. The zero-order valence-corrected chi connectivity index (χ0v) is 13.3. The summed E-state index contributed by atoms with van der Waals surface area (Å²) in [5.74, 6) is -0.409. The fourth-order valence-corrected chi connectivity index (χ4v) is 1.86. The normalized spacial score (nSPS) is 9.52. The summed E-state index contributed by atoms with van der Waals surface area (Å²) < 4.78 is 5.51. The molecule has 112 valence electrons. The largest absolute Gasteiger partial charge is 0.489 e. The van der Waals surface area contributed by atoms with E-state index in [1.807, 2.05) is 13.8 Å². The first-order valence-electron chi connectivity index (χ1n) is 6.46. The number of rotatable bonds is 4. The molecule has 0 heterocycles. The van der Waals surface area contributed by atoms with Gasteiger partial charge >= 0.3 is 5.97 Å². The van der Waals surface area contributed by atoms with Crippen LogP contribution in [0.5, 0.6) is 5.75 Å². The molecule has 5 heteroatoms. The van der Waals surface area contributed by atoms with E-state index in [9.17, 15) is 4.79 Å². The van der Waals surface area contributed by atoms with Crippen molar-refractivity contribution in [2.45, 2.75) is 20.5 Å². The molecule has 0 radical (unpaired) electrons. The molecule has 0 fully saturated rings. The van der Waals surface area contributed by atoms with Crippen molar-refractivity contribution < 1.29 is 14.6 Å². The molecule has 3 nitrogen and oxygen atoms in total. The lowest BCUT2D eigenvalue weighted by Crippen LogP contribution is -2.05. The van der Waals surface area contributed by atoms with Crippen molar-refractivity contribution in [1.82, 2.24) is 0 Å². The van der Waals surface area contributed by atoms with Gasteiger partial charge in [-0.1, -0.05) is 43.1 Å². The van der Waals surface area contributed by atoms with Gasteiger partial charge in [-0.3, -0.25) is 0 Å². The molecule has 0 aliphatic heterocycles. The maximum absolute atomic E-state index is 11.1. The van der Waals surface area contributed by atoms with Crippen LogP contribution in [-0.2, 0) is 6.61 Å². The van der Waals surface area contributed by atoms with Gasteiger partial charge in [0.1, 0.15) is 12.4 Å². The summed E-state index contributed by atoms with van der Waals surface area (Å²) in [6.45, 7) is 4.15. The van der Waals surface area contributed by atoms with Crippen LogP contribution < -0.4 is 4.74 Å². The van der Waals surface area contributed by atoms with Crippen LogP contribution in [-0.4, -0.2) is 11.1 Å². The van der Waals surface area contributed by atoms with E-state index in [4.69, 9.17) is 33.0 Å². The smallest absolute Gasteiger partial charge is 0.336 e. The van der Waals surface area contributed by atoms with Gasteiger partial charge in [0.15, 0.2) is 0 Å². The Morgan fingerprint density at radius 2 is 1.62 bits per heavy atom. The van der Waals surface area contributed by atoms with Crippen molar-refractivity contribution >= 4 is 29.2 Å². The molecule has 2 aromatic rings. The molecule has 0 unspecified atom stereocenters. The van der Waals surface area contributed by atoms with Gasteiger partial charge in [0, 0.05) is 15.6 Å². The van der Waals surface area contributed by atoms with Gasteiger partial charge in [-0.2, -0.15) is 0 Å². The second-order valence-corrected chi connectivity index (χ2v) is 4.72. The number of carbonyl (C=O) groups is 1. The van der Waals surface area contributed by atoms with Crippen molar-refractivity contribution in [1.29, 1.82) is 0 Å². The first-order valence-corrected chi connectivity index (χ1v) is 7.22. The quantitative estimate of drug-likeness (QED) is 0.829. The number of aromatic carboxylic acids is 1. The average Bonchev–Trinajstić information content (AvgIpc) is 2.49. The van der Waals surface area contributed by atoms with E-state index in [0.717, 1.165) is 0 Å². The van der Waals surface area contributed by atoms with Gasteiger partial charge in [0.2, 0.25) is 0 Å². The fraction of sp³-hybridized carbons (Fsp3) is 0.188. The maximum Gasteiger partial charge on any atom is 0.336 e. The summed E-state index contributed by atoms with van der Waals surface area (Å²) in [6.07, 6.45) is 0. The zero-order valence-electron chi connectivity index (χ0n) is 11.8. The second kappa shape index (κ2) is 8.55. The van der Waals surface area contributed by atoms with E-state index in [2.05, 4.69) is 0 Å². The highest BCUT2D eigenvalue weighted by atomic mass is 35.5. The van der Waals surface area contributed by atoms with Crippen LogP contribution >= 0.6 is 23.2 Å². The Hall–Kier alpha value is -1.71. The molecular formula is C16H16Cl2O3. The highest BCUT2D eigenvalue weighted by molar-refractivity contribution is 6.31. The number of hydrogen-bond acceptors (Lipinski definition) is 2. The highest BCUT2D eigenvalue weighted by Gasteiger charge is 2.11. The molecule has 0 bridgehead atoms. The van der Waals surface area contributed by atoms with Crippen LogP contribution in [0.25, 0.3) is 0 Å². The van der Waals surface area contributed by atoms with E-state index in [0.29, 0.717) is 21.4 Å². The summed E-state index contributed by atoms with van der Waals surface area (Å²) in [7, 11) is 0. The zero-order chi connectivity index (χ0) is 15.8. The molecule has 2 rings (SSSR count). The Bertz CT molecular complexity index is 595. The Balaban J connectivity index is 0.00000106. The monoisotopic (exact) mass is 326 g/mol. The van der Waals surface area contributed by atoms with Crippen molar-refractivity contribution in [2.75, 3.05) is 0 Å². The SMILES string of the molecule is CC.O=C(O)c1cc(Cl)ccc1COc1ccc(Cl)cc1. The molecule has 1 N–H and O–H groups in total. The summed E-state index contributed by atoms with van der Waals surface area (Å²) in [4.78, 5) is 11.1. The Labute approximate surface area is 134 Å². The Kier molecular flexibility index (Phi) is 7.06. The van der Waals surface area contributed by atoms with Gasteiger partial charge in [-0.05, 0) is 36.4 Å². The Morgan fingerprint density at radius 1 is 1.05 bits per heavy atom. The molecule has 21 heavy (non-hydrogen) atoms. The third-order valence-corrected chi connectivity index (χ3v) is 3.00. The average molecular weight is 327 g/mol. The minimum atomic E-state index is -1.03. The van der Waals surface area contributed by atoms with Gasteiger partial charge in [0.05, 0.1) is 5.56 Å². The van der Waals surface area contributed by atoms with Crippen molar-refractivity contribution in [3.8, 4) is 5.75 Å². The summed E-state index contributed by atoms with van der Waals surface area (Å²) in [6, 6.07) is 11.5. The molecule has 0 aromatic heterocycles. The lowest BCUT2D eigenvalue weighted by Gasteiger charge is -2.09. The fourth-order valence-electron chi connectivity index (χ4n) is 1.57. The Morgan fingerprint density at radius 3 is 2.19 bits per heavy atom. The van der Waals surface area contributed by atoms with Crippen LogP contribution in [0.1, 0.15) is 29.8 Å². The van der Waals surface area contributed by atoms with E-state index < -0.39 is 5.97 Å². The van der Waals surface area contributed by atoms with Crippen LogP contribution in [0.2, 0.25) is 10.0 Å². The van der Waals surface area contributed by atoms with E-state index in [1.54, 1.807) is 36.4 Å². The van der Waals surface area contributed by atoms with Crippen LogP contribution in [0.3, 0.4) is 0 Å². The lowest BCUT2D eigenvalue weighted by molar-refractivity contribution is 0.0694. The first-order chi connectivity index (χ1) is 10.1. The number of halogens is 2.